The topological polar surface area (TPSA) is 122 Å². The molecule has 7 rings (SSSR count). The van der Waals surface area contributed by atoms with Gasteiger partial charge in [-0.05, 0) is 60.7 Å². The maximum atomic E-state index is 13.2. The van der Waals surface area contributed by atoms with Crippen molar-refractivity contribution in [3.8, 4) is 28.4 Å². The smallest absolute Gasteiger partial charge is 0.319 e. The normalized spacial score (nSPS) is 14.8. The highest BCUT2D eigenvalue weighted by Crippen LogP contribution is 2.43. The highest BCUT2D eigenvalue weighted by molar-refractivity contribution is 7.89. The van der Waals surface area contributed by atoms with E-state index in [9.17, 15) is 13.5 Å². The third-order valence-corrected chi connectivity index (χ3v) is 9.42. The van der Waals surface area contributed by atoms with Crippen LogP contribution in [0.2, 0.25) is 5.15 Å². The number of nitrogens with one attached hydrogen (secondary N) is 1. The van der Waals surface area contributed by atoms with Crippen LogP contribution in [0.15, 0.2) is 96.0 Å². The van der Waals surface area contributed by atoms with E-state index in [2.05, 4.69) is 19.9 Å². The van der Waals surface area contributed by atoms with Crippen LogP contribution in [0, 0.1) is 0 Å². The van der Waals surface area contributed by atoms with Crippen molar-refractivity contribution in [1.82, 2.24) is 29.3 Å². The molecular weight excluding hydrogens is 560 g/mol. The molecule has 1 aliphatic carbocycles. The van der Waals surface area contributed by atoms with Crippen LogP contribution in [0.25, 0.3) is 39.1 Å². The Bertz CT molecular complexity index is 2030. The average Bonchev–Trinajstić information content (AvgIpc) is 3.36. The van der Waals surface area contributed by atoms with Crippen LogP contribution in [0.1, 0.15) is 24.8 Å². The van der Waals surface area contributed by atoms with Gasteiger partial charge in [0.05, 0.1) is 22.3 Å². The first-order valence-corrected chi connectivity index (χ1v) is 14.9. The SMILES string of the molecule is O=S(=O)(NC1(c2ccc(-c3nc4ccc5nnc(O)n5c4cc3-c3ccccc3)cc2)CCC1)c1ccc(Cl)nc1. The number of aromatic hydroxyl groups is 1. The monoisotopic (exact) mass is 582 g/mol. The zero-order chi connectivity index (χ0) is 28.2. The molecule has 204 valence electrons. The van der Waals surface area contributed by atoms with Gasteiger partial charge in [-0.15, -0.1) is 5.10 Å². The predicted octanol–water partition coefficient (Wildman–Crippen LogP) is 5.72. The first-order chi connectivity index (χ1) is 19.8. The molecule has 9 nitrogen and oxygen atoms in total. The minimum atomic E-state index is -3.81. The lowest BCUT2D eigenvalue weighted by Crippen LogP contribution is -2.50. The highest BCUT2D eigenvalue weighted by atomic mass is 35.5. The fourth-order valence-corrected chi connectivity index (χ4v) is 6.93. The Morgan fingerprint density at radius 1 is 0.902 bits per heavy atom. The average molecular weight is 583 g/mol. The molecule has 0 atom stereocenters. The van der Waals surface area contributed by atoms with E-state index in [1.807, 2.05) is 66.7 Å². The number of nitrogens with zero attached hydrogens (tertiary/aromatic N) is 5. The van der Waals surface area contributed by atoms with Crippen LogP contribution in [-0.2, 0) is 15.6 Å². The maximum Gasteiger partial charge on any atom is 0.319 e. The molecule has 4 aromatic heterocycles. The first kappa shape index (κ1) is 25.6. The molecule has 0 aliphatic heterocycles. The number of sulfonamides is 1. The molecule has 0 amide bonds. The van der Waals surface area contributed by atoms with Crippen molar-refractivity contribution in [2.75, 3.05) is 0 Å². The zero-order valence-corrected chi connectivity index (χ0v) is 23.1. The Balaban J connectivity index is 1.31. The van der Waals surface area contributed by atoms with E-state index in [1.54, 1.807) is 10.5 Å². The summed E-state index contributed by atoms with van der Waals surface area (Å²) in [7, 11) is -3.81. The number of benzene rings is 2. The van der Waals surface area contributed by atoms with Gasteiger partial charge in [-0.25, -0.2) is 27.5 Å². The van der Waals surface area contributed by atoms with Crippen LogP contribution in [-0.4, -0.2) is 38.1 Å². The summed E-state index contributed by atoms with van der Waals surface area (Å²) in [6.45, 7) is 0. The van der Waals surface area contributed by atoms with Crippen LogP contribution in [0.5, 0.6) is 6.01 Å². The molecule has 0 bridgehead atoms. The number of hydrogen-bond donors (Lipinski definition) is 2. The van der Waals surface area contributed by atoms with E-state index < -0.39 is 15.6 Å². The summed E-state index contributed by atoms with van der Waals surface area (Å²) >= 11 is 5.85. The van der Waals surface area contributed by atoms with Crippen molar-refractivity contribution in [1.29, 1.82) is 0 Å². The minimum absolute atomic E-state index is 0.0749. The first-order valence-electron chi connectivity index (χ1n) is 13.0. The molecule has 4 heterocycles. The number of pyridine rings is 3. The van der Waals surface area contributed by atoms with Gasteiger partial charge in [-0.2, -0.15) is 0 Å². The van der Waals surface area contributed by atoms with Gasteiger partial charge in [0.2, 0.25) is 10.0 Å². The summed E-state index contributed by atoms with van der Waals surface area (Å²) in [5, 5.41) is 18.4. The van der Waals surface area contributed by atoms with Gasteiger partial charge in [-0.3, -0.25) is 0 Å². The third-order valence-electron chi connectivity index (χ3n) is 7.68. The van der Waals surface area contributed by atoms with Gasteiger partial charge in [-0.1, -0.05) is 71.3 Å². The standard InChI is InChI=1S/C30H23ClN6O3S/c31-26-13-11-22(18-32-26)41(39,40)36-30(15-4-16-30)21-9-7-20(8-10-21)28-23(19-5-2-1-3-6-19)17-25-24(33-28)12-14-27-34-35-29(38)37(25)27/h1-3,5-14,17-18,36H,4,15-16H2,(H,35,38). The Labute approximate surface area is 240 Å². The third kappa shape index (κ3) is 4.40. The predicted molar refractivity (Wildman–Crippen MR) is 156 cm³/mol. The summed E-state index contributed by atoms with van der Waals surface area (Å²) in [6, 6.07) is 26.1. The summed E-state index contributed by atoms with van der Waals surface area (Å²) in [5.41, 5.74) is 5.54. The zero-order valence-electron chi connectivity index (χ0n) is 21.6. The lowest BCUT2D eigenvalue weighted by atomic mass is 9.72. The summed E-state index contributed by atoms with van der Waals surface area (Å²) in [4.78, 5) is 9.01. The van der Waals surface area contributed by atoms with Gasteiger partial charge >= 0.3 is 6.01 Å². The number of halogens is 1. The second-order valence-corrected chi connectivity index (χ2v) is 12.2. The van der Waals surface area contributed by atoms with E-state index in [1.165, 1.54) is 18.3 Å². The largest absolute Gasteiger partial charge is 0.479 e. The molecule has 1 saturated carbocycles. The van der Waals surface area contributed by atoms with Crippen molar-refractivity contribution >= 4 is 38.3 Å². The number of hydrogen-bond acceptors (Lipinski definition) is 7. The van der Waals surface area contributed by atoms with Crippen LogP contribution >= 0.6 is 11.6 Å². The fourth-order valence-electron chi connectivity index (χ4n) is 5.42. The molecule has 41 heavy (non-hydrogen) atoms. The van der Waals surface area contributed by atoms with Gasteiger partial charge < -0.3 is 5.11 Å². The minimum Gasteiger partial charge on any atom is -0.479 e. The number of fused-ring (bicyclic) bond motifs is 3. The van der Waals surface area contributed by atoms with Crippen LogP contribution in [0.3, 0.4) is 0 Å². The van der Waals surface area contributed by atoms with Crippen molar-refractivity contribution in [3.63, 3.8) is 0 Å². The Hall–Kier alpha value is -4.38. The highest BCUT2D eigenvalue weighted by Gasteiger charge is 2.42. The van der Waals surface area contributed by atoms with E-state index in [0.717, 1.165) is 34.4 Å². The molecule has 0 saturated heterocycles. The van der Waals surface area contributed by atoms with Crippen molar-refractivity contribution in [2.24, 2.45) is 0 Å². The molecule has 2 N–H and O–H groups in total. The van der Waals surface area contributed by atoms with Gasteiger partial charge in [0.15, 0.2) is 5.65 Å². The molecule has 1 fully saturated rings. The molecule has 1 aliphatic rings. The number of aromatic nitrogens is 5. The summed E-state index contributed by atoms with van der Waals surface area (Å²) in [5.74, 6) is 0. The van der Waals surface area contributed by atoms with Gasteiger partial charge in [0.25, 0.3) is 0 Å². The quantitative estimate of drug-likeness (QED) is 0.241. The molecule has 0 radical (unpaired) electrons. The van der Waals surface area contributed by atoms with E-state index in [0.29, 0.717) is 29.5 Å². The lowest BCUT2D eigenvalue weighted by molar-refractivity contribution is 0.224. The van der Waals surface area contributed by atoms with E-state index >= 15 is 0 Å². The summed E-state index contributed by atoms with van der Waals surface area (Å²) in [6.07, 6.45) is 3.56. The second kappa shape index (κ2) is 9.62. The van der Waals surface area contributed by atoms with Crippen LogP contribution in [0.4, 0.5) is 0 Å². The van der Waals surface area contributed by atoms with Crippen LogP contribution < -0.4 is 4.72 Å². The molecule has 0 spiro atoms. The van der Waals surface area contributed by atoms with Gasteiger partial charge in [0.1, 0.15) is 10.0 Å². The Morgan fingerprint density at radius 3 is 2.37 bits per heavy atom. The Morgan fingerprint density at radius 2 is 1.68 bits per heavy atom. The fraction of sp³-hybridized carbons (Fsp3) is 0.133. The molecule has 0 unspecified atom stereocenters. The van der Waals surface area contributed by atoms with Crippen molar-refractivity contribution in [2.45, 2.75) is 29.7 Å². The molecule has 6 aromatic rings. The second-order valence-electron chi connectivity index (χ2n) is 10.1. The molecular formula is C30H23ClN6O3S. The van der Waals surface area contributed by atoms with Crippen molar-refractivity contribution in [3.05, 3.63) is 102 Å². The summed E-state index contributed by atoms with van der Waals surface area (Å²) < 4.78 is 30.9. The van der Waals surface area contributed by atoms with Gasteiger partial charge in [0, 0.05) is 17.3 Å². The molecule has 2 aromatic carbocycles. The van der Waals surface area contributed by atoms with E-state index in [-0.39, 0.29) is 16.1 Å². The molecule has 11 heteroatoms. The van der Waals surface area contributed by atoms with E-state index in [4.69, 9.17) is 16.6 Å². The van der Waals surface area contributed by atoms with Crippen molar-refractivity contribution < 1.29 is 13.5 Å². The maximum absolute atomic E-state index is 13.2. The Kier molecular flexibility index (Phi) is 6.00. The number of rotatable bonds is 6. The lowest BCUT2D eigenvalue weighted by Gasteiger charge is -2.42.